The molecule has 0 atom stereocenters. The molecule has 2 heterocycles. The number of carboxylic acid groups (broad SMARTS) is 1. The lowest BCUT2D eigenvalue weighted by Crippen LogP contribution is -2.73. The molecular weight excluding hydrogens is 300 g/mol. The van der Waals surface area contributed by atoms with Crippen LogP contribution in [0.2, 0.25) is 0 Å². The maximum absolute atomic E-state index is 12.1. The van der Waals surface area contributed by atoms with E-state index in [1.807, 2.05) is 20.8 Å². The van der Waals surface area contributed by atoms with Crippen molar-refractivity contribution in [1.82, 2.24) is 9.80 Å². The van der Waals surface area contributed by atoms with Gasteiger partial charge in [-0.05, 0) is 33.6 Å². The summed E-state index contributed by atoms with van der Waals surface area (Å²) < 4.78 is 10.7. The van der Waals surface area contributed by atoms with Gasteiger partial charge in [0.15, 0.2) is 0 Å². The Bertz CT molecular complexity index is 446. The Hall–Kier alpha value is -1.34. The van der Waals surface area contributed by atoms with Crippen molar-refractivity contribution in [2.24, 2.45) is 0 Å². The Morgan fingerprint density at radius 2 is 1.78 bits per heavy atom. The number of carbonyl (C=O) groups is 2. The van der Waals surface area contributed by atoms with Crippen LogP contribution in [0.1, 0.15) is 40.0 Å². The molecule has 0 radical (unpaired) electrons. The van der Waals surface area contributed by atoms with E-state index in [-0.39, 0.29) is 18.6 Å². The number of hydrogen-bond donors (Lipinski definition) is 1. The molecule has 132 valence electrons. The summed E-state index contributed by atoms with van der Waals surface area (Å²) in [5.74, 6) is -0.831. The highest BCUT2D eigenvalue weighted by Gasteiger charge is 2.52. The average Bonchev–Trinajstić information content (AvgIpc) is 2.40. The third-order valence-corrected chi connectivity index (χ3v) is 4.55. The van der Waals surface area contributed by atoms with Gasteiger partial charge in [-0.1, -0.05) is 0 Å². The molecule has 0 aliphatic carbocycles. The van der Waals surface area contributed by atoms with Gasteiger partial charge in [-0.3, -0.25) is 9.69 Å². The van der Waals surface area contributed by atoms with E-state index in [2.05, 4.69) is 4.90 Å². The van der Waals surface area contributed by atoms with E-state index < -0.39 is 17.1 Å². The van der Waals surface area contributed by atoms with Crippen molar-refractivity contribution < 1.29 is 24.2 Å². The molecule has 0 aromatic heterocycles. The molecule has 23 heavy (non-hydrogen) atoms. The van der Waals surface area contributed by atoms with Crippen molar-refractivity contribution in [3.63, 3.8) is 0 Å². The molecule has 1 N–H and O–H groups in total. The lowest BCUT2D eigenvalue weighted by Gasteiger charge is -2.56. The van der Waals surface area contributed by atoms with E-state index in [0.29, 0.717) is 13.1 Å². The minimum atomic E-state index is -0.831. The van der Waals surface area contributed by atoms with Gasteiger partial charge in [0.25, 0.3) is 0 Å². The first-order valence-corrected chi connectivity index (χ1v) is 8.13. The lowest BCUT2D eigenvalue weighted by molar-refractivity contribution is -0.147. The summed E-state index contributed by atoms with van der Waals surface area (Å²) in [6, 6.07) is 0. The van der Waals surface area contributed by atoms with Crippen molar-refractivity contribution in [2.75, 3.05) is 33.3 Å². The van der Waals surface area contributed by atoms with E-state index in [0.717, 1.165) is 25.9 Å². The van der Waals surface area contributed by atoms with Crippen LogP contribution in [-0.4, -0.2) is 77.5 Å². The Balaban J connectivity index is 1.98. The molecule has 2 fully saturated rings. The van der Waals surface area contributed by atoms with Gasteiger partial charge >= 0.3 is 12.1 Å². The number of methoxy groups -OCH3 is 1. The summed E-state index contributed by atoms with van der Waals surface area (Å²) in [5.41, 5.74) is -1.01. The SMILES string of the molecule is COC1CCN(C2(CC(=O)O)CN(C(=O)OC(C)(C)C)C2)CC1. The van der Waals surface area contributed by atoms with Crippen LogP contribution in [0.25, 0.3) is 0 Å². The Labute approximate surface area is 137 Å². The van der Waals surface area contributed by atoms with Crippen LogP contribution >= 0.6 is 0 Å². The third-order valence-electron chi connectivity index (χ3n) is 4.55. The summed E-state index contributed by atoms with van der Waals surface area (Å²) >= 11 is 0. The van der Waals surface area contributed by atoms with Crippen LogP contribution in [0, 0.1) is 0 Å². The first kappa shape index (κ1) is 18.0. The van der Waals surface area contributed by atoms with E-state index >= 15 is 0 Å². The van der Waals surface area contributed by atoms with Crippen LogP contribution in [0.4, 0.5) is 4.79 Å². The number of carbonyl (C=O) groups excluding carboxylic acids is 1. The fraction of sp³-hybridized carbons (Fsp3) is 0.875. The van der Waals surface area contributed by atoms with Crippen molar-refractivity contribution in [2.45, 2.75) is 57.3 Å². The smallest absolute Gasteiger partial charge is 0.410 e. The molecule has 0 aromatic rings. The predicted octanol–water partition coefficient (Wildman–Crippen LogP) is 1.56. The van der Waals surface area contributed by atoms with Gasteiger partial charge in [0.2, 0.25) is 0 Å². The summed E-state index contributed by atoms with van der Waals surface area (Å²) in [4.78, 5) is 27.2. The molecule has 0 aromatic carbocycles. The quantitative estimate of drug-likeness (QED) is 0.844. The molecule has 0 spiro atoms. The highest BCUT2D eigenvalue weighted by molar-refractivity contribution is 5.73. The molecule has 7 nitrogen and oxygen atoms in total. The molecule has 0 unspecified atom stereocenters. The second kappa shape index (κ2) is 6.65. The van der Waals surface area contributed by atoms with Crippen molar-refractivity contribution in [3.8, 4) is 0 Å². The zero-order valence-electron chi connectivity index (χ0n) is 14.5. The molecule has 2 aliphatic heterocycles. The number of amides is 1. The monoisotopic (exact) mass is 328 g/mol. The fourth-order valence-electron chi connectivity index (χ4n) is 3.39. The Kier molecular flexibility index (Phi) is 5.20. The van der Waals surface area contributed by atoms with Crippen molar-refractivity contribution in [1.29, 1.82) is 0 Å². The number of piperidine rings is 1. The van der Waals surface area contributed by atoms with Gasteiger partial charge in [0, 0.05) is 33.3 Å². The van der Waals surface area contributed by atoms with E-state index in [1.165, 1.54) is 0 Å². The summed E-state index contributed by atoms with van der Waals surface area (Å²) in [7, 11) is 1.71. The molecule has 2 rings (SSSR count). The molecule has 2 saturated heterocycles. The number of nitrogens with zero attached hydrogens (tertiary/aromatic N) is 2. The topological polar surface area (TPSA) is 79.3 Å². The first-order chi connectivity index (χ1) is 10.6. The number of ether oxygens (including phenoxy) is 2. The second-order valence-corrected chi connectivity index (χ2v) is 7.55. The van der Waals surface area contributed by atoms with Crippen molar-refractivity contribution in [3.05, 3.63) is 0 Å². The zero-order chi connectivity index (χ0) is 17.3. The minimum absolute atomic E-state index is 0.0456. The number of carboxylic acids is 1. The van der Waals surface area contributed by atoms with Crippen LogP contribution in [0.15, 0.2) is 0 Å². The second-order valence-electron chi connectivity index (χ2n) is 7.55. The highest BCUT2D eigenvalue weighted by Crippen LogP contribution is 2.35. The maximum Gasteiger partial charge on any atom is 0.410 e. The number of aliphatic carboxylic acids is 1. The molecule has 1 amide bonds. The minimum Gasteiger partial charge on any atom is -0.481 e. The van der Waals surface area contributed by atoms with E-state index in [4.69, 9.17) is 9.47 Å². The number of likely N-dealkylation sites (tertiary alicyclic amines) is 2. The molecule has 0 saturated carbocycles. The standard InChI is InChI=1S/C16H28N2O5/c1-15(2,3)23-14(21)17-10-16(11-17,9-13(19)20)18-7-5-12(22-4)6-8-18/h12H,5-11H2,1-4H3,(H,19,20). The normalized spacial score (nSPS) is 22.5. The Morgan fingerprint density at radius 3 is 2.22 bits per heavy atom. The van der Waals surface area contributed by atoms with Crippen LogP contribution in [-0.2, 0) is 14.3 Å². The number of rotatable bonds is 4. The zero-order valence-corrected chi connectivity index (χ0v) is 14.5. The van der Waals surface area contributed by atoms with Gasteiger partial charge in [-0.2, -0.15) is 0 Å². The maximum atomic E-state index is 12.1. The van der Waals surface area contributed by atoms with Crippen LogP contribution in [0.3, 0.4) is 0 Å². The molecule has 7 heteroatoms. The Morgan fingerprint density at radius 1 is 1.22 bits per heavy atom. The van der Waals surface area contributed by atoms with Gasteiger partial charge in [0.1, 0.15) is 5.60 Å². The predicted molar refractivity (Wildman–Crippen MR) is 84.4 cm³/mol. The molecule has 2 aliphatic rings. The first-order valence-electron chi connectivity index (χ1n) is 8.13. The summed E-state index contributed by atoms with van der Waals surface area (Å²) in [6.07, 6.45) is 1.71. The van der Waals surface area contributed by atoms with Crippen molar-refractivity contribution >= 4 is 12.1 Å². The van der Waals surface area contributed by atoms with Gasteiger partial charge in [-0.25, -0.2) is 4.79 Å². The number of hydrogen-bond acceptors (Lipinski definition) is 5. The van der Waals surface area contributed by atoms with Gasteiger partial charge in [0.05, 0.1) is 18.1 Å². The largest absolute Gasteiger partial charge is 0.481 e. The molecule has 0 bridgehead atoms. The summed E-state index contributed by atoms with van der Waals surface area (Å²) in [6.45, 7) is 7.89. The third kappa shape index (κ3) is 4.35. The highest BCUT2D eigenvalue weighted by atomic mass is 16.6. The van der Waals surface area contributed by atoms with Crippen LogP contribution in [0.5, 0.6) is 0 Å². The van der Waals surface area contributed by atoms with E-state index in [1.54, 1.807) is 12.0 Å². The average molecular weight is 328 g/mol. The summed E-state index contributed by atoms with van der Waals surface area (Å²) in [5, 5.41) is 9.27. The van der Waals surface area contributed by atoms with Gasteiger partial charge in [-0.15, -0.1) is 0 Å². The van der Waals surface area contributed by atoms with E-state index in [9.17, 15) is 14.7 Å². The van der Waals surface area contributed by atoms with Crippen LogP contribution < -0.4 is 0 Å². The fourth-order valence-corrected chi connectivity index (χ4v) is 3.39. The lowest BCUT2D eigenvalue weighted by atomic mass is 9.83. The van der Waals surface area contributed by atoms with Gasteiger partial charge < -0.3 is 19.5 Å². The molecular formula is C16H28N2O5.